The predicted octanol–water partition coefficient (Wildman–Crippen LogP) is 3.54. The Kier molecular flexibility index (Phi) is 3.59. The van der Waals surface area contributed by atoms with Crippen LogP contribution in [0.1, 0.15) is 33.6 Å². The average Bonchev–Trinajstić information content (AvgIpc) is 2.69. The molecule has 0 unspecified atom stereocenters. The predicted molar refractivity (Wildman–Crippen MR) is 92.4 cm³/mol. The van der Waals surface area contributed by atoms with Crippen LogP contribution in [0.2, 0.25) is 18.1 Å². The van der Waals surface area contributed by atoms with Crippen molar-refractivity contribution in [1.82, 2.24) is 4.90 Å². The van der Waals surface area contributed by atoms with Crippen molar-refractivity contribution in [1.29, 1.82) is 0 Å². The zero-order valence-corrected chi connectivity index (χ0v) is 15.6. The molecule has 4 heteroatoms. The molecule has 2 fully saturated rings. The summed E-state index contributed by atoms with van der Waals surface area (Å²) in [6, 6.07) is 0. The highest BCUT2D eigenvalue weighted by molar-refractivity contribution is 6.74. The molecule has 0 radical (unpaired) electrons. The van der Waals surface area contributed by atoms with Gasteiger partial charge in [-0.3, -0.25) is 9.69 Å². The van der Waals surface area contributed by atoms with Crippen LogP contribution in [0.25, 0.3) is 0 Å². The van der Waals surface area contributed by atoms with Crippen LogP contribution in [0, 0.1) is 5.92 Å². The van der Waals surface area contributed by atoms with Crippen molar-refractivity contribution >= 4 is 14.1 Å². The van der Waals surface area contributed by atoms with Crippen LogP contribution in [-0.2, 0) is 9.22 Å². The van der Waals surface area contributed by atoms with Crippen molar-refractivity contribution in [2.24, 2.45) is 5.92 Å². The summed E-state index contributed by atoms with van der Waals surface area (Å²) < 4.78 is 6.65. The van der Waals surface area contributed by atoms with E-state index in [4.69, 9.17) is 4.43 Å². The van der Waals surface area contributed by atoms with Crippen LogP contribution in [-0.4, -0.2) is 43.7 Å². The molecule has 0 amide bonds. The molecule has 1 aliphatic carbocycles. The second-order valence-corrected chi connectivity index (χ2v) is 13.6. The van der Waals surface area contributed by atoms with E-state index in [9.17, 15) is 4.79 Å². The molecule has 22 heavy (non-hydrogen) atoms. The van der Waals surface area contributed by atoms with Gasteiger partial charge in [-0.25, -0.2) is 0 Å². The Bertz CT molecular complexity index is 546. The Morgan fingerprint density at radius 3 is 2.68 bits per heavy atom. The number of hydrogen-bond acceptors (Lipinski definition) is 3. The number of carbonyl (C=O) groups is 1. The van der Waals surface area contributed by atoms with Crippen LogP contribution in [0.3, 0.4) is 0 Å². The lowest BCUT2D eigenvalue weighted by molar-refractivity contribution is -0.119. The molecule has 0 N–H and O–H groups in total. The van der Waals surface area contributed by atoms with Gasteiger partial charge in [0.15, 0.2) is 14.1 Å². The van der Waals surface area contributed by atoms with Gasteiger partial charge in [0.05, 0.1) is 6.10 Å². The number of carbonyl (C=O) groups excluding carboxylic acids is 1. The molecule has 0 aromatic heterocycles. The normalized spacial score (nSPS) is 35.9. The molecule has 3 atom stereocenters. The zero-order valence-electron chi connectivity index (χ0n) is 14.6. The van der Waals surface area contributed by atoms with Gasteiger partial charge in [0, 0.05) is 24.5 Å². The number of ketones is 1. The van der Waals surface area contributed by atoms with Gasteiger partial charge in [0.1, 0.15) is 0 Å². The minimum Gasteiger partial charge on any atom is -0.413 e. The first-order valence-corrected chi connectivity index (χ1v) is 11.3. The SMILES string of the molecule is C=C1CN2C[C@H](O[Si](C)(C)C(C)(C)C)C[C@@]23C=CC(=O)[C@@H]1C3. The molecule has 3 rings (SSSR count). The molecular formula is C18H29NO2Si. The average molecular weight is 320 g/mol. The lowest BCUT2D eigenvalue weighted by atomic mass is 9.72. The van der Waals surface area contributed by atoms with Crippen molar-refractivity contribution in [3.8, 4) is 0 Å². The van der Waals surface area contributed by atoms with Gasteiger partial charge in [-0.1, -0.05) is 39.0 Å². The first-order valence-electron chi connectivity index (χ1n) is 8.38. The molecule has 0 saturated carbocycles. The molecule has 2 heterocycles. The Morgan fingerprint density at radius 2 is 2.05 bits per heavy atom. The smallest absolute Gasteiger partial charge is 0.192 e. The number of nitrogens with zero attached hydrogens (tertiary/aromatic N) is 1. The third kappa shape index (κ3) is 2.45. The van der Waals surface area contributed by atoms with Gasteiger partial charge in [-0.2, -0.15) is 0 Å². The zero-order chi connectivity index (χ0) is 16.3. The molecular weight excluding hydrogens is 290 g/mol. The van der Waals surface area contributed by atoms with E-state index in [1.807, 2.05) is 0 Å². The first-order chi connectivity index (χ1) is 10.0. The largest absolute Gasteiger partial charge is 0.413 e. The van der Waals surface area contributed by atoms with Crippen molar-refractivity contribution in [3.63, 3.8) is 0 Å². The Balaban J connectivity index is 1.81. The van der Waals surface area contributed by atoms with E-state index < -0.39 is 8.32 Å². The van der Waals surface area contributed by atoms with Crippen LogP contribution in [0.15, 0.2) is 24.3 Å². The molecule has 2 bridgehead atoms. The van der Waals surface area contributed by atoms with Crippen molar-refractivity contribution in [2.45, 2.75) is 63.4 Å². The minimum absolute atomic E-state index is 0.0345. The summed E-state index contributed by atoms with van der Waals surface area (Å²) in [6.45, 7) is 17.5. The number of piperidine rings is 1. The summed E-state index contributed by atoms with van der Waals surface area (Å²) >= 11 is 0. The van der Waals surface area contributed by atoms with Gasteiger partial charge < -0.3 is 4.43 Å². The highest BCUT2D eigenvalue weighted by atomic mass is 28.4. The molecule has 1 spiro atoms. The molecule has 122 valence electrons. The van der Waals surface area contributed by atoms with Gasteiger partial charge in [0.25, 0.3) is 0 Å². The molecule has 2 saturated heterocycles. The van der Waals surface area contributed by atoms with Crippen LogP contribution in [0.5, 0.6) is 0 Å². The van der Waals surface area contributed by atoms with E-state index in [0.29, 0.717) is 0 Å². The first kappa shape index (κ1) is 16.2. The minimum atomic E-state index is -1.75. The Morgan fingerprint density at radius 1 is 1.36 bits per heavy atom. The second-order valence-electron chi connectivity index (χ2n) is 8.84. The number of fused-ring (bicyclic) bond motifs is 1. The number of allylic oxidation sites excluding steroid dienone is 1. The highest BCUT2D eigenvalue weighted by Crippen LogP contribution is 2.47. The molecule has 0 aromatic carbocycles. The van der Waals surface area contributed by atoms with E-state index in [0.717, 1.165) is 31.5 Å². The fourth-order valence-corrected chi connectivity index (χ4v) is 5.22. The fraction of sp³-hybridized carbons (Fsp3) is 0.722. The molecule has 3 aliphatic rings. The van der Waals surface area contributed by atoms with E-state index in [-0.39, 0.29) is 28.4 Å². The van der Waals surface area contributed by atoms with Gasteiger partial charge >= 0.3 is 0 Å². The summed E-state index contributed by atoms with van der Waals surface area (Å²) in [5, 5.41) is 0.234. The van der Waals surface area contributed by atoms with Gasteiger partial charge in [0.2, 0.25) is 0 Å². The van der Waals surface area contributed by atoms with Crippen LogP contribution in [0.4, 0.5) is 0 Å². The molecule has 3 nitrogen and oxygen atoms in total. The van der Waals surface area contributed by atoms with Crippen molar-refractivity contribution < 1.29 is 9.22 Å². The Hall–Kier alpha value is -0.713. The highest BCUT2D eigenvalue weighted by Gasteiger charge is 2.53. The second kappa shape index (κ2) is 4.89. The van der Waals surface area contributed by atoms with E-state index in [1.54, 1.807) is 6.08 Å². The molecule has 0 aromatic rings. The summed E-state index contributed by atoms with van der Waals surface area (Å²) in [5.74, 6) is 0.275. The Labute approximate surface area is 135 Å². The lowest BCUT2D eigenvalue weighted by Crippen LogP contribution is -2.52. The maximum atomic E-state index is 12.1. The molecule has 2 aliphatic heterocycles. The summed E-state index contributed by atoms with van der Waals surface area (Å²) in [4.78, 5) is 14.5. The summed E-state index contributed by atoms with van der Waals surface area (Å²) in [7, 11) is -1.75. The maximum absolute atomic E-state index is 12.1. The number of hydrogen-bond donors (Lipinski definition) is 0. The van der Waals surface area contributed by atoms with Crippen LogP contribution >= 0.6 is 0 Å². The monoisotopic (exact) mass is 319 g/mol. The maximum Gasteiger partial charge on any atom is 0.192 e. The third-order valence-electron chi connectivity index (χ3n) is 6.25. The number of rotatable bonds is 2. The van der Waals surface area contributed by atoms with E-state index in [1.165, 1.54) is 0 Å². The van der Waals surface area contributed by atoms with Gasteiger partial charge in [-0.05, 0) is 37.0 Å². The van der Waals surface area contributed by atoms with E-state index >= 15 is 0 Å². The van der Waals surface area contributed by atoms with E-state index in [2.05, 4.69) is 51.4 Å². The standard InChI is InChI=1S/C18H29NO2Si/c1-13-11-19-12-14(21-22(5,6)17(2,3)4)9-18(19)8-7-16(20)15(13)10-18/h7-8,14-15H,1,9-12H2,2-6H3/t14-,15-,18-/m1/s1. The van der Waals surface area contributed by atoms with Crippen molar-refractivity contribution in [2.75, 3.05) is 13.1 Å². The summed E-state index contributed by atoms with van der Waals surface area (Å²) in [5.41, 5.74) is 1.12. The van der Waals surface area contributed by atoms with Gasteiger partial charge in [-0.15, -0.1) is 0 Å². The van der Waals surface area contributed by atoms with Crippen molar-refractivity contribution in [3.05, 3.63) is 24.3 Å². The topological polar surface area (TPSA) is 29.5 Å². The quantitative estimate of drug-likeness (QED) is 0.576. The fourth-order valence-electron chi connectivity index (χ4n) is 3.87. The third-order valence-corrected chi connectivity index (χ3v) is 10.8. The van der Waals surface area contributed by atoms with Crippen LogP contribution < -0.4 is 0 Å². The summed E-state index contributed by atoms with van der Waals surface area (Å²) in [6.07, 6.45) is 6.14. The lowest BCUT2D eigenvalue weighted by Gasteiger charge is -2.46.